The normalized spacial score (nSPS) is 7.33. The third kappa shape index (κ3) is 5.21. The van der Waals surface area contributed by atoms with Crippen molar-refractivity contribution in [2.45, 2.75) is 5.03 Å². The summed E-state index contributed by atoms with van der Waals surface area (Å²) in [6.07, 6.45) is 1.71. The Bertz CT molecular complexity index is 150. The number of aromatic nitrogens is 2. The van der Waals surface area contributed by atoms with Gasteiger partial charge in [0, 0.05) is 6.20 Å². The van der Waals surface area contributed by atoms with Crippen LogP contribution in [0.2, 0.25) is 0 Å². The van der Waals surface area contributed by atoms with Crippen LogP contribution >= 0.6 is 25.4 Å². The molecular weight excluding hydrogens is 174 g/mol. The Hall–Kier alpha value is 1.91. The van der Waals surface area contributed by atoms with Gasteiger partial charge >= 0.3 is 59.1 Å². The molecule has 0 amide bonds. The molecule has 0 aliphatic rings. The molecule has 0 saturated carbocycles. The fourth-order valence-electron chi connectivity index (χ4n) is 0.305. The molecule has 1 heterocycles. The predicted octanol–water partition coefficient (Wildman–Crippen LogP) is -0.432. The van der Waals surface area contributed by atoms with Crippen LogP contribution in [-0.4, -0.2) is 68.3 Å². The summed E-state index contributed by atoms with van der Waals surface area (Å²) < 4.78 is 1.41. The molecular formula is C3H6N2Na2S2. The molecule has 42 valence electrons. The van der Waals surface area contributed by atoms with Gasteiger partial charge in [0.05, 0.1) is 0 Å². The van der Waals surface area contributed by atoms with Crippen LogP contribution in [0.1, 0.15) is 0 Å². The number of nitrogens with zero attached hydrogens (tertiary/aromatic N) is 2. The van der Waals surface area contributed by atoms with Crippen molar-refractivity contribution >= 4 is 84.6 Å². The summed E-state index contributed by atoms with van der Waals surface area (Å²) in [7, 11) is 0. The summed E-state index contributed by atoms with van der Waals surface area (Å²) in [6, 6.07) is 1.76. The number of rotatable bonds is 0. The molecule has 0 unspecified atom stereocenters. The molecule has 0 saturated heterocycles. The van der Waals surface area contributed by atoms with E-state index < -0.39 is 0 Å². The van der Waals surface area contributed by atoms with Gasteiger partial charge in [-0.25, -0.2) is 4.09 Å². The van der Waals surface area contributed by atoms with E-state index in [0.29, 0.717) is 5.03 Å². The maximum atomic E-state index is 3.92. The first-order valence-electron chi connectivity index (χ1n) is 1.73. The molecule has 0 bridgehead atoms. The van der Waals surface area contributed by atoms with Gasteiger partial charge in [0.2, 0.25) is 0 Å². The van der Waals surface area contributed by atoms with E-state index >= 15 is 0 Å². The van der Waals surface area contributed by atoms with Crippen molar-refractivity contribution < 1.29 is 0 Å². The van der Waals surface area contributed by atoms with E-state index in [-0.39, 0.29) is 59.1 Å². The average molecular weight is 180 g/mol. The van der Waals surface area contributed by atoms with Gasteiger partial charge in [-0.3, -0.25) is 0 Å². The van der Waals surface area contributed by atoms with Crippen LogP contribution in [0, 0.1) is 0 Å². The Balaban J connectivity index is 0. The van der Waals surface area contributed by atoms with Crippen molar-refractivity contribution in [3.63, 3.8) is 0 Å². The van der Waals surface area contributed by atoms with Gasteiger partial charge in [0.1, 0.15) is 5.03 Å². The van der Waals surface area contributed by atoms with Crippen molar-refractivity contribution in [3.8, 4) is 0 Å². The zero-order valence-electron chi connectivity index (χ0n) is 3.44. The molecule has 6 heteroatoms. The van der Waals surface area contributed by atoms with Gasteiger partial charge in [-0.05, 0) is 18.9 Å². The van der Waals surface area contributed by atoms with E-state index in [1.165, 1.54) is 4.09 Å². The van der Waals surface area contributed by atoms with Gasteiger partial charge < -0.3 is 0 Å². The van der Waals surface area contributed by atoms with Crippen LogP contribution in [0.25, 0.3) is 0 Å². The molecule has 1 aromatic rings. The standard InChI is InChI=1S/C3H4N2S2.2Na.2H/c6-3-1-2-5(7)4-3;;;;/h1-2,7H,(H,4,6);;;;. The summed E-state index contributed by atoms with van der Waals surface area (Å²) in [5.41, 5.74) is 0. The first kappa shape index (κ1) is 13.5. The van der Waals surface area contributed by atoms with Crippen molar-refractivity contribution in [2.75, 3.05) is 0 Å². The summed E-state index contributed by atoms with van der Waals surface area (Å²) in [4.78, 5) is 0. The topological polar surface area (TPSA) is 17.8 Å². The first-order chi connectivity index (χ1) is 3.29. The van der Waals surface area contributed by atoms with Crippen LogP contribution in [0.15, 0.2) is 17.3 Å². The summed E-state index contributed by atoms with van der Waals surface area (Å²) in [5.74, 6) is 0. The summed E-state index contributed by atoms with van der Waals surface area (Å²) >= 11 is 7.79. The molecule has 0 atom stereocenters. The second-order valence-electron chi connectivity index (χ2n) is 1.09. The van der Waals surface area contributed by atoms with Gasteiger partial charge in [0.15, 0.2) is 0 Å². The second-order valence-corrected chi connectivity index (χ2v) is 1.96. The van der Waals surface area contributed by atoms with Crippen LogP contribution in [0.5, 0.6) is 0 Å². The van der Waals surface area contributed by atoms with E-state index in [1.54, 1.807) is 12.3 Å². The third-order valence-electron chi connectivity index (χ3n) is 0.562. The Labute approximate surface area is 109 Å². The van der Waals surface area contributed by atoms with Gasteiger partial charge in [0.25, 0.3) is 0 Å². The predicted molar refractivity (Wildman–Crippen MR) is 48.2 cm³/mol. The molecule has 0 aromatic carbocycles. The van der Waals surface area contributed by atoms with E-state index in [0.717, 1.165) is 0 Å². The molecule has 0 fully saturated rings. The third-order valence-corrected chi connectivity index (χ3v) is 1.02. The molecule has 1 rings (SSSR count). The van der Waals surface area contributed by atoms with Crippen molar-refractivity contribution in [1.29, 1.82) is 0 Å². The van der Waals surface area contributed by atoms with E-state index in [2.05, 4.69) is 30.5 Å². The zero-order chi connectivity index (χ0) is 5.28. The van der Waals surface area contributed by atoms with E-state index in [9.17, 15) is 0 Å². The average Bonchev–Trinajstić information content (AvgIpc) is 1.87. The second kappa shape index (κ2) is 6.61. The van der Waals surface area contributed by atoms with E-state index in [4.69, 9.17) is 0 Å². The Morgan fingerprint density at radius 1 is 1.44 bits per heavy atom. The van der Waals surface area contributed by atoms with Crippen molar-refractivity contribution in [3.05, 3.63) is 12.3 Å². The van der Waals surface area contributed by atoms with Gasteiger partial charge in [-0.15, -0.1) is 12.6 Å². The maximum absolute atomic E-state index is 3.92. The fraction of sp³-hybridized carbons (Fsp3) is 0. The molecule has 2 nitrogen and oxygen atoms in total. The van der Waals surface area contributed by atoms with Gasteiger partial charge in [-0.1, -0.05) is 0 Å². The van der Waals surface area contributed by atoms with E-state index in [1.807, 2.05) is 0 Å². The number of hydrogen-bond acceptors (Lipinski definition) is 3. The summed E-state index contributed by atoms with van der Waals surface area (Å²) in [5, 5.41) is 4.45. The van der Waals surface area contributed by atoms with Crippen LogP contribution in [0.4, 0.5) is 0 Å². The van der Waals surface area contributed by atoms with Crippen molar-refractivity contribution in [1.82, 2.24) is 9.19 Å². The minimum absolute atomic E-state index is 0. The SMILES string of the molecule is Sc1ccn(S)n1.[NaH].[NaH]. The zero-order valence-corrected chi connectivity index (χ0v) is 5.23. The van der Waals surface area contributed by atoms with Crippen LogP contribution in [0.3, 0.4) is 0 Å². The molecule has 0 aliphatic heterocycles. The molecule has 0 aliphatic carbocycles. The number of thiol groups is 2. The van der Waals surface area contributed by atoms with Crippen LogP contribution < -0.4 is 0 Å². The fourth-order valence-corrected chi connectivity index (χ4v) is 0.702. The molecule has 1 aromatic heterocycles. The molecule has 9 heavy (non-hydrogen) atoms. The van der Waals surface area contributed by atoms with Gasteiger partial charge in [-0.2, -0.15) is 5.10 Å². The molecule has 0 spiro atoms. The quantitative estimate of drug-likeness (QED) is 0.409. The Morgan fingerprint density at radius 3 is 2.11 bits per heavy atom. The van der Waals surface area contributed by atoms with Crippen LogP contribution in [-0.2, 0) is 0 Å². The molecule has 0 radical (unpaired) electrons. The number of hydrogen-bond donors (Lipinski definition) is 2. The summed E-state index contributed by atoms with van der Waals surface area (Å²) in [6.45, 7) is 0. The Morgan fingerprint density at radius 2 is 2.00 bits per heavy atom. The van der Waals surface area contributed by atoms with Crippen molar-refractivity contribution in [2.24, 2.45) is 0 Å². The molecule has 0 N–H and O–H groups in total. The first-order valence-corrected chi connectivity index (χ1v) is 2.57. The monoisotopic (exact) mass is 180 g/mol. The Kier molecular flexibility index (Phi) is 9.91. The minimum atomic E-state index is 0.